The summed E-state index contributed by atoms with van der Waals surface area (Å²) in [6.45, 7) is 2.18. The molecule has 2 rings (SSSR count). The molecule has 1 atom stereocenters. The number of hydrogen-bond donors (Lipinski definition) is 2. The van der Waals surface area contributed by atoms with Crippen LogP contribution in [-0.4, -0.2) is 17.5 Å². The Hall–Kier alpha value is -1.03. The van der Waals surface area contributed by atoms with Crippen LogP contribution < -0.4 is 11.3 Å². The van der Waals surface area contributed by atoms with Crippen molar-refractivity contribution in [3.05, 3.63) is 48.0 Å². The first-order valence-electron chi connectivity index (χ1n) is 6.35. The second-order valence-corrected chi connectivity index (χ2v) is 5.68. The molecule has 0 aliphatic rings. The lowest BCUT2D eigenvalue weighted by Gasteiger charge is -2.16. The first kappa shape index (κ1) is 13.4. The van der Waals surface area contributed by atoms with Crippen LogP contribution in [0.25, 0.3) is 10.8 Å². The van der Waals surface area contributed by atoms with Crippen LogP contribution in [-0.2, 0) is 6.42 Å². The fraction of sp³-hybridized carbons (Fsp3) is 0.333. The maximum Gasteiger partial charge on any atom is 0.0341 e. The van der Waals surface area contributed by atoms with Gasteiger partial charge in [0.2, 0.25) is 0 Å². The SMILES string of the molecule is CCSCC(Cc1cccc2ccccc12)NN. The van der Waals surface area contributed by atoms with Gasteiger partial charge in [-0.2, -0.15) is 11.8 Å². The topological polar surface area (TPSA) is 38.0 Å². The van der Waals surface area contributed by atoms with Crippen molar-refractivity contribution in [2.75, 3.05) is 11.5 Å². The minimum Gasteiger partial charge on any atom is -0.271 e. The van der Waals surface area contributed by atoms with Crippen LogP contribution in [0, 0.1) is 0 Å². The number of hydrogen-bond acceptors (Lipinski definition) is 3. The molecule has 0 fully saturated rings. The first-order chi connectivity index (χ1) is 8.85. The summed E-state index contributed by atoms with van der Waals surface area (Å²) in [6, 6.07) is 15.3. The molecule has 0 radical (unpaired) electrons. The standard InChI is InChI=1S/C15H20N2S/c1-2-18-11-14(17-16)10-13-8-5-7-12-6-3-4-9-15(12)13/h3-9,14,17H,2,10-11,16H2,1H3. The van der Waals surface area contributed by atoms with Crippen LogP contribution in [0.15, 0.2) is 42.5 Å². The number of rotatable bonds is 6. The van der Waals surface area contributed by atoms with Crippen molar-refractivity contribution in [2.45, 2.75) is 19.4 Å². The zero-order valence-electron chi connectivity index (χ0n) is 10.7. The number of thioether (sulfide) groups is 1. The van der Waals surface area contributed by atoms with Crippen LogP contribution >= 0.6 is 11.8 Å². The third-order valence-electron chi connectivity index (χ3n) is 3.11. The summed E-state index contributed by atoms with van der Waals surface area (Å²) in [6.07, 6.45) is 0.977. The summed E-state index contributed by atoms with van der Waals surface area (Å²) < 4.78 is 0. The van der Waals surface area contributed by atoms with E-state index in [2.05, 4.69) is 54.8 Å². The summed E-state index contributed by atoms with van der Waals surface area (Å²) in [4.78, 5) is 0. The van der Waals surface area contributed by atoms with Gasteiger partial charge in [0.15, 0.2) is 0 Å². The third kappa shape index (κ3) is 3.25. The highest BCUT2D eigenvalue weighted by molar-refractivity contribution is 7.99. The van der Waals surface area contributed by atoms with Crippen molar-refractivity contribution in [1.82, 2.24) is 5.43 Å². The van der Waals surface area contributed by atoms with E-state index in [0.717, 1.165) is 17.9 Å². The van der Waals surface area contributed by atoms with Crippen LogP contribution in [0.2, 0.25) is 0 Å². The number of nitrogens with one attached hydrogen (secondary N) is 1. The van der Waals surface area contributed by atoms with Gasteiger partial charge in [-0.3, -0.25) is 11.3 Å². The number of fused-ring (bicyclic) bond motifs is 1. The first-order valence-corrected chi connectivity index (χ1v) is 7.51. The van der Waals surface area contributed by atoms with Gasteiger partial charge in [-0.25, -0.2) is 0 Å². The Morgan fingerprint density at radius 2 is 1.94 bits per heavy atom. The molecule has 0 aliphatic heterocycles. The smallest absolute Gasteiger partial charge is 0.0341 e. The van der Waals surface area contributed by atoms with Gasteiger partial charge in [-0.15, -0.1) is 0 Å². The molecule has 18 heavy (non-hydrogen) atoms. The maximum atomic E-state index is 5.64. The molecule has 3 N–H and O–H groups in total. The molecule has 3 heteroatoms. The van der Waals surface area contributed by atoms with E-state index in [1.165, 1.54) is 16.3 Å². The van der Waals surface area contributed by atoms with Gasteiger partial charge in [0.25, 0.3) is 0 Å². The Kier molecular flexibility index (Phi) is 5.05. The fourth-order valence-electron chi connectivity index (χ4n) is 2.16. The lowest BCUT2D eigenvalue weighted by Crippen LogP contribution is -2.38. The quantitative estimate of drug-likeness (QED) is 0.619. The minimum atomic E-state index is 0.334. The summed E-state index contributed by atoms with van der Waals surface area (Å²) in [5.74, 6) is 7.83. The van der Waals surface area contributed by atoms with Crippen molar-refractivity contribution in [2.24, 2.45) is 5.84 Å². The van der Waals surface area contributed by atoms with E-state index in [1.807, 2.05) is 11.8 Å². The molecule has 1 unspecified atom stereocenters. The highest BCUT2D eigenvalue weighted by atomic mass is 32.2. The molecule has 2 aromatic carbocycles. The average molecular weight is 260 g/mol. The molecule has 0 aliphatic carbocycles. The van der Waals surface area contributed by atoms with Crippen LogP contribution in [0.1, 0.15) is 12.5 Å². The molecule has 2 aromatic rings. The molecular formula is C15H20N2S. The van der Waals surface area contributed by atoms with Gasteiger partial charge in [0.05, 0.1) is 0 Å². The molecule has 0 aromatic heterocycles. The molecule has 0 saturated heterocycles. The van der Waals surface area contributed by atoms with Crippen molar-refractivity contribution in [3.63, 3.8) is 0 Å². The number of hydrazine groups is 1. The lowest BCUT2D eigenvalue weighted by molar-refractivity contribution is 0.577. The summed E-state index contributed by atoms with van der Waals surface area (Å²) >= 11 is 1.92. The molecule has 0 bridgehead atoms. The van der Waals surface area contributed by atoms with Crippen molar-refractivity contribution < 1.29 is 0 Å². The van der Waals surface area contributed by atoms with Gasteiger partial charge in [0, 0.05) is 11.8 Å². The molecule has 0 saturated carbocycles. The summed E-state index contributed by atoms with van der Waals surface area (Å²) in [5.41, 5.74) is 4.30. The lowest BCUT2D eigenvalue weighted by atomic mass is 10.00. The zero-order valence-corrected chi connectivity index (χ0v) is 11.5. The highest BCUT2D eigenvalue weighted by Gasteiger charge is 2.09. The maximum absolute atomic E-state index is 5.64. The van der Waals surface area contributed by atoms with Crippen LogP contribution in [0.5, 0.6) is 0 Å². The molecule has 96 valence electrons. The Morgan fingerprint density at radius 3 is 2.72 bits per heavy atom. The molecule has 0 amide bonds. The number of nitrogens with two attached hydrogens (primary N) is 1. The largest absolute Gasteiger partial charge is 0.271 e. The van der Waals surface area contributed by atoms with E-state index in [4.69, 9.17) is 5.84 Å². The third-order valence-corrected chi connectivity index (χ3v) is 4.15. The van der Waals surface area contributed by atoms with Gasteiger partial charge >= 0.3 is 0 Å². The Labute approximate surface area is 113 Å². The van der Waals surface area contributed by atoms with E-state index in [9.17, 15) is 0 Å². The van der Waals surface area contributed by atoms with Gasteiger partial charge < -0.3 is 0 Å². The number of benzene rings is 2. The summed E-state index contributed by atoms with van der Waals surface area (Å²) in [7, 11) is 0. The van der Waals surface area contributed by atoms with E-state index >= 15 is 0 Å². The van der Waals surface area contributed by atoms with Crippen molar-refractivity contribution in [3.8, 4) is 0 Å². The molecular weight excluding hydrogens is 240 g/mol. The monoisotopic (exact) mass is 260 g/mol. The highest BCUT2D eigenvalue weighted by Crippen LogP contribution is 2.20. The Balaban J connectivity index is 2.19. The van der Waals surface area contributed by atoms with Crippen LogP contribution in [0.3, 0.4) is 0 Å². The van der Waals surface area contributed by atoms with Gasteiger partial charge in [0.1, 0.15) is 0 Å². The minimum absolute atomic E-state index is 0.334. The predicted octanol–water partition coefficient (Wildman–Crippen LogP) is 2.97. The Morgan fingerprint density at radius 1 is 1.17 bits per heavy atom. The molecule has 0 heterocycles. The van der Waals surface area contributed by atoms with E-state index in [1.54, 1.807) is 0 Å². The van der Waals surface area contributed by atoms with Crippen LogP contribution in [0.4, 0.5) is 0 Å². The second kappa shape index (κ2) is 6.78. The van der Waals surface area contributed by atoms with Gasteiger partial charge in [-0.1, -0.05) is 49.4 Å². The van der Waals surface area contributed by atoms with E-state index < -0.39 is 0 Å². The summed E-state index contributed by atoms with van der Waals surface area (Å²) in [5, 5.41) is 2.63. The van der Waals surface area contributed by atoms with E-state index in [-0.39, 0.29) is 0 Å². The van der Waals surface area contributed by atoms with E-state index in [0.29, 0.717) is 6.04 Å². The predicted molar refractivity (Wildman–Crippen MR) is 81.8 cm³/mol. The van der Waals surface area contributed by atoms with Crippen molar-refractivity contribution in [1.29, 1.82) is 0 Å². The normalized spacial score (nSPS) is 12.8. The fourth-order valence-corrected chi connectivity index (χ4v) is 2.90. The molecule has 2 nitrogen and oxygen atoms in total. The van der Waals surface area contributed by atoms with Gasteiger partial charge in [-0.05, 0) is 28.5 Å². The molecule has 0 spiro atoms. The van der Waals surface area contributed by atoms with Crippen molar-refractivity contribution >= 4 is 22.5 Å². The zero-order chi connectivity index (χ0) is 12.8. The Bertz CT molecular complexity index is 493. The average Bonchev–Trinajstić information content (AvgIpc) is 2.43. The second-order valence-electron chi connectivity index (χ2n) is 4.37.